The van der Waals surface area contributed by atoms with Crippen LogP contribution in [0.25, 0.3) is 0 Å². The number of fused-ring (bicyclic) bond motifs is 4. The Labute approximate surface area is 276 Å². The van der Waals surface area contributed by atoms with E-state index in [1.165, 1.54) is 12.2 Å². The summed E-state index contributed by atoms with van der Waals surface area (Å²) >= 11 is 0. The quantitative estimate of drug-likeness (QED) is 0.153. The lowest BCUT2D eigenvalue weighted by atomic mass is 10.0. The predicted octanol–water partition coefficient (Wildman–Crippen LogP) is -1.62. The molecule has 4 bridgehead atoms. The van der Waals surface area contributed by atoms with Gasteiger partial charge < -0.3 is 40.6 Å². The largest absolute Gasteiger partial charge is 0.503 e. The lowest BCUT2D eigenvalue weighted by Gasteiger charge is -2.27. The lowest BCUT2D eigenvalue weighted by molar-refractivity contribution is -0.124. The molecule has 21 heteroatoms. The van der Waals surface area contributed by atoms with E-state index in [0.29, 0.717) is 21.3 Å². The van der Waals surface area contributed by atoms with E-state index in [4.69, 9.17) is 8.57 Å². The van der Waals surface area contributed by atoms with Gasteiger partial charge >= 0.3 is 22.5 Å². The van der Waals surface area contributed by atoms with Crippen molar-refractivity contribution in [3.63, 3.8) is 0 Å². The molecule has 0 spiro atoms. The highest BCUT2D eigenvalue weighted by atomic mass is 32.3. The summed E-state index contributed by atoms with van der Waals surface area (Å²) < 4.78 is 36.3. The fraction of sp³-hybridized carbons (Fsp3) is 0.357. The molecule has 6 rings (SSSR count). The second-order valence-corrected chi connectivity index (χ2v) is 12.8. The molecule has 49 heavy (non-hydrogen) atoms. The fourth-order valence-electron chi connectivity index (χ4n) is 5.82. The Bertz CT molecular complexity index is 1900. The van der Waals surface area contributed by atoms with E-state index >= 15 is 0 Å². The third-order valence-corrected chi connectivity index (χ3v) is 9.12. The van der Waals surface area contributed by atoms with Crippen LogP contribution in [0.2, 0.25) is 0 Å². The maximum Gasteiger partial charge on any atom is 0.442 e. The summed E-state index contributed by atoms with van der Waals surface area (Å²) in [5.41, 5.74) is 0.122. The Morgan fingerprint density at radius 3 is 1.53 bits per heavy atom. The smallest absolute Gasteiger partial charge is 0.442 e. The Kier molecular flexibility index (Phi) is 8.42. The number of nitrogens with one attached hydrogen (secondary N) is 4. The predicted molar refractivity (Wildman–Crippen MR) is 163 cm³/mol. The summed E-state index contributed by atoms with van der Waals surface area (Å²) in [6, 6.07) is -3.88. The van der Waals surface area contributed by atoms with Crippen molar-refractivity contribution < 1.29 is 46.4 Å². The Hall–Kier alpha value is -5.67. The van der Waals surface area contributed by atoms with Crippen LogP contribution in [0.1, 0.15) is 25.2 Å². The lowest BCUT2D eigenvalue weighted by Crippen LogP contribution is -2.48. The van der Waals surface area contributed by atoms with E-state index in [2.05, 4.69) is 20.6 Å². The number of aromatic nitrogens is 2. The van der Waals surface area contributed by atoms with Crippen LogP contribution >= 0.6 is 0 Å². The number of H-pyrrole nitrogens is 2. The van der Waals surface area contributed by atoms with Crippen molar-refractivity contribution in [1.29, 1.82) is 0 Å². The number of carbonyl (C=O) groups excluding carboxylic acids is 4. The van der Waals surface area contributed by atoms with Gasteiger partial charge in [-0.3, -0.25) is 19.2 Å². The summed E-state index contributed by atoms with van der Waals surface area (Å²) in [5, 5.41) is 25.0. The molecule has 4 unspecified atom stereocenters. The minimum absolute atomic E-state index is 0.111. The van der Waals surface area contributed by atoms with Gasteiger partial charge in [0.15, 0.2) is 11.5 Å². The van der Waals surface area contributed by atoms with Crippen molar-refractivity contribution in [2.24, 2.45) is 0 Å². The maximum atomic E-state index is 13.3. The molecule has 0 saturated carbocycles. The summed E-state index contributed by atoms with van der Waals surface area (Å²) in [7, 11) is -5.13. The van der Waals surface area contributed by atoms with Gasteiger partial charge in [-0.25, -0.2) is 9.59 Å². The fourth-order valence-corrected chi connectivity index (χ4v) is 6.58. The number of pyridine rings is 2. The minimum atomic E-state index is -5.13. The van der Waals surface area contributed by atoms with Gasteiger partial charge in [-0.05, 0) is 25.0 Å². The molecule has 4 aliphatic rings. The van der Waals surface area contributed by atoms with Gasteiger partial charge in [0.05, 0.1) is 26.2 Å². The molecule has 2 aromatic rings. The maximum absolute atomic E-state index is 13.3. The Morgan fingerprint density at radius 2 is 1.16 bits per heavy atom. The highest BCUT2D eigenvalue weighted by molar-refractivity contribution is 7.81. The van der Waals surface area contributed by atoms with E-state index < -0.39 is 80.8 Å². The third kappa shape index (κ3) is 6.33. The molecule has 6 N–H and O–H groups in total. The second kappa shape index (κ2) is 12.4. The molecule has 0 aromatic carbocycles. The van der Waals surface area contributed by atoms with E-state index in [-0.39, 0.29) is 37.6 Å². The van der Waals surface area contributed by atoms with Gasteiger partial charge in [-0.1, -0.05) is 12.2 Å². The van der Waals surface area contributed by atoms with Crippen LogP contribution in [-0.4, -0.2) is 110 Å². The molecule has 6 heterocycles. The van der Waals surface area contributed by atoms with Crippen molar-refractivity contribution in [3.8, 4) is 11.5 Å². The van der Waals surface area contributed by atoms with Crippen LogP contribution in [0.4, 0.5) is 9.59 Å². The van der Waals surface area contributed by atoms with Crippen LogP contribution in [0, 0.1) is 0 Å². The molecule has 0 aliphatic carbocycles. The number of hydroxylamine groups is 4. The number of amides is 6. The monoisotopic (exact) mass is 702 g/mol. The molecular weight excluding hydrogens is 672 g/mol. The molecule has 2 saturated heterocycles. The highest BCUT2D eigenvalue weighted by Crippen LogP contribution is 2.34. The number of nitrogens with zero attached hydrogens (tertiary/aromatic N) is 4. The number of hydrogen-bond acceptors (Lipinski definition) is 12. The summed E-state index contributed by atoms with van der Waals surface area (Å²) in [6.07, 6.45) is 5.05. The number of aromatic amines is 2. The molecule has 4 atom stereocenters. The molecule has 4 aliphatic heterocycles. The number of rotatable bonds is 10. The first kappa shape index (κ1) is 33.2. The highest BCUT2D eigenvalue weighted by Gasteiger charge is 2.52. The van der Waals surface area contributed by atoms with Gasteiger partial charge in [0, 0.05) is 35.9 Å². The third-order valence-electron chi connectivity index (χ3n) is 8.43. The zero-order chi connectivity index (χ0) is 35.4. The Morgan fingerprint density at radius 1 is 0.776 bits per heavy atom. The zero-order valence-corrected chi connectivity index (χ0v) is 26.6. The molecular formula is C28H30N8O12S. The van der Waals surface area contributed by atoms with Crippen LogP contribution in [0.3, 0.4) is 0 Å². The van der Waals surface area contributed by atoms with Crippen LogP contribution in [0.5, 0.6) is 11.5 Å². The standard InChI is InChI=1S/C28H30N8O12S/c1-13-3-17(25(41)31-7-15-5-21(37)23(39)9-29-15)33-11-19(13)35(27(33)43)47-49(45,46)48-36-20-12-34(28(36)44)18(4-14(20)2)26(42)32-8-16-6-22(38)24(40)10-30-16/h3-6,9-10,17-20,39-40H,7-8,11-12H2,1-2H3,(H,29,37)(H,30,38)(H,31,41)(H,32,42). The molecule has 2 aromatic heterocycles. The molecule has 260 valence electrons. The molecule has 2 fully saturated rings. The number of urea groups is 2. The number of aromatic hydroxyl groups is 2. The van der Waals surface area contributed by atoms with Gasteiger partial charge in [0.2, 0.25) is 22.7 Å². The SMILES string of the molecule is CC1=CC(C(=O)NCc2cc(=O)c(O)c[nH]2)N2CC1N(OS(=O)(=O)ON1C(=O)N3CC1C(C)=CC3C(=O)NCc1cc(=O)c(O)c[nH]1)C2=O. The van der Waals surface area contributed by atoms with Crippen LogP contribution < -0.4 is 21.5 Å². The first-order valence-corrected chi connectivity index (χ1v) is 16.0. The van der Waals surface area contributed by atoms with Crippen molar-refractivity contribution in [2.75, 3.05) is 13.1 Å². The van der Waals surface area contributed by atoms with Crippen molar-refractivity contribution in [1.82, 2.24) is 40.5 Å². The summed E-state index contributed by atoms with van der Waals surface area (Å²) in [4.78, 5) is 83.4. The average Bonchev–Trinajstić information content (AvgIpc) is 3.48. The van der Waals surface area contributed by atoms with Crippen molar-refractivity contribution in [3.05, 3.63) is 79.7 Å². The normalized spacial score (nSPS) is 23.1. The average molecular weight is 703 g/mol. The van der Waals surface area contributed by atoms with Gasteiger partial charge in [0.1, 0.15) is 24.2 Å². The van der Waals surface area contributed by atoms with Crippen LogP contribution in [-0.2, 0) is 41.6 Å². The zero-order valence-electron chi connectivity index (χ0n) is 25.8. The van der Waals surface area contributed by atoms with Gasteiger partial charge in [-0.2, -0.15) is 18.5 Å². The van der Waals surface area contributed by atoms with Gasteiger partial charge in [0.25, 0.3) is 0 Å². The molecule has 6 amide bonds. The first-order valence-electron chi connectivity index (χ1n) is 14.7. The van der Waals surface area contributed by atoms with E-state index in [9.17, 15) is 47.4 Å². The Balaban J connectivity index is 1.08. The first-order chi connectivity index (χ1) is 23.1. The van der Waals surface area contributed by atoms with Crippen molar-refractivity contribution in [2.45, 2.75) is 51.1 Å². The summed E-state index contributed by atoms with van der Waals surface area (Å²) in [5.74, 6) is -2.26. The number of hydrogen-bond donors (Lipinski definition) is 6. The topological polar surface area (TPSA) is 264 Å². The van der Waals surface area contributed by atoms with Crippen LogP contribution in [0.15, 0.2) is 57.4 Å². The summed E-state index contributed by atoms with van der Waals surface area (Å²) in [6.45, 7) is 2.65. The molecule has 0 radical (unpaired) electrons. The van der Waals surface area contributed by atoms with E-state index in [1.54, 1.807) is 13.8 Å². The van der Waals surface area contributed by atoms with E-state index in [0.717, 1.165) is 34.3 Å². The van der Waals surface area contributed by atoms with Gasteiger partial charge in [-0.15, -0.1) is 8.57 Å². The van der Waals surface area contributed by atoms with E-state index in [1.807, 2.05) is 0 Å². The van der Waals surface area contributed by atoms with Crippen molar-refractivity contribution >= 4 is 34.3 Å². The number of carbonyl (C=O) groups is 4. The molecule has 20 nitrogen and oxygen atoms in total. The second-order valence-electron chi connectivity index (χ2n) is 11.7. The minimum Gasteiger partial charge on any atom is -0.503 e.